The lowest BCUT2D eigenvalue weighted by molar-refractivity contribution is -0.236. The van der Waals surface area contributed by atoms with Crippen LogP contribution in [0.2, 0.25) is 0 Å². The summed E-state index contributed by atoms with van der Waals surface area (Å²) in [5.41, 5.74) is -4.50. The zero-order valence-electron chi connectivity index (χ0n) is 4.95. The molecule has 11 heavy (non-hydrogen) atoms. The molecule has 0 aromatic carbocycles. The summed E-state index contributed by atoms with van der Waals surface area (Å²) in [6.07, 6.45) is -12.5. The van der Waals surface area contributed by atoms with Crippen LogP contribution >= 0.6 is 0 Å². The van der Waals surface area contributed by atoms with Gasteiger partial charge in [0.25, 0.3) is 19.3 Å². The van der Waals surface area contributed by atoms with Gasteiger partial charge in [-0.1, -0.05) is 0 Å². The molecule has 0 aliphatic carbocycles. The lowest BCUT2D eigenvalue weighted by Gasteiger charge is -2.24. The number of halogens is 6. The smallest absolute Gasteiger partial charge is 0.278 e. The fraction of sp³-hybridized carbons (Fsp3) is 1.00. The van der Waals surface area contributed by atoms with Gasteiger partial charge >= 0.3 is 0 Å². The molecule has 0 aliphatic heterocycles. The van der Waals surface area contributed by atoms with Crippen LogP contribution in [0.3, 0.4) is 0 Å². The Labute approximate surface area is 57.6 Å². The van der Waals surface area contributed by atoms with Crippen molar-refractivity contribution in [3.8, 4) is 0 Å². The van der Waals surface area contributed by atoms with Crippen LogP contribution in [0.25, 0.3) is 0 Å². The SMILES string of the molecule is OC(C(F)F)(C(F)F)C(F)F. The van der Waals surface area contributed by atoms with E-state index in [1.165, 1.54) is 0 Å². The van der Waals surface area contributed by atoms with Crippen molar-refractivity contribution in [2.45, 2.75) is 24.9 Å². The van der Waals surface area contributed by atoms with Crippen LogP contribution in [0, 0.1) is 0 Å². The van der Waals surface area contributed by atoms with E-state index in [0.717, 1.165) is 0 Å². The number of hydrogen-bond acceptors (Lipinski definition) is 1. The molecule has 68 valence electrons. The minimum Gasteiger partial charge on any atom is -0.374 e. The van der Waals surface area contributed by atoms with Crippen LogP contribution < -0.4 is 0 Å². The maximum absolute atomic E-state index is 11.4. The predicted octanol–water partition coefficient (Wildman–Crippen LogP) is 1.51. The highest BCUT2D eigenvalue weighted by molar-refractivity contribution is 4.86. The summed E-state index contributed by atoms with van der Waals surface area (Å²) < 4.78 is 68.2. The molecule has 0 aliphatic rings. The predicted molar refractivity (Wildman–Crippen MR) is 23.0 cm³/mol. The summed E-state index contributed by atoms with van der Waals surface area (Å²) in [7, 11) is 0. The topological polar surface area (TPSA) is 20.2 Å². The first-order chi connectivity index (χ1) is 4.83. The van der Waals surface area contributed by atoms with Gasteiger partial charge in [0, 0.05) is 0 Å². The highest BCUT2D eigenvalue weighted by atomic mass is 19.3. The molecule has 0 aromatic rings. The summed E-state index contributed by atoms with van der Waals surface area (Å²) in [5, 5.41) is 7.99. The Bertz CT molecular complexity index is 102. The van der Waals surface area contributed by atoms with Crippen molar-refractivity contribution in [2.24, 2.45) is 0 Å². The van der Waals surface area contributed by atoms with Crippen LogP contribution in [-0.2, 0) is 0 Å². The van der Waals surface area contributed by atoms with Crippen LogP contribution in [0.15, 0.2) is 0 Å². The Morgan fingerprint density at radius 2 is 0.909 bits per heavy atom. The molecular weight excluding hydrogens is 178 g/mol. The van der Waals surface area contributed by atoms with Crippen molar-refractivity contribution >= 4 is 0 Å². The minimum atomic E-state index is -4.50. The molecule has 1 nitrogen and oxygen atoms in total. The third kappa shape index (κ3) is 1.76. The summed E-state index contributed by atoms with van der Waals surface area (Å²) in [5.74, 6) is 0. The van der Waals surface area contributed by atoms with Crippen molar-refractivity contribution in [1.82, 2.24) is 0 Å². The first-order valence-electron chi connectivity index (χ1n) is 2.40. The van der Waals surface area contributed by atoms with E-state index in [2.05, 4.69) is 0 Å². The molecule has 7 heteroatoms. The third-order valence-electron chi connectivity index (χ3n) is 1.05. The van der Waals surface area contributed by atoms with E-state index in [1.54, 1.807) is 0 Å². The first kappa shape index (κ1) is 10.5. The Morgan fingerprint density at radius 3 is 0.909 bits per heavy atom. The minimum absolute atomic E-state index is 4.16. The second-order valence-electron chi connectivity index (χ2n) is 1.79. The standard InChI is InChI=1S/C4H4F6O/c5-1(6)4(11,2(7)8)3(9)10/h1-3,11H. The first-order valence-corrected chi connectivity index (χ1v) is 2.40. The molecule has 0 saturated heterocycles. The maximum Gasteiger partial charge on any atom is 0.278 e. The van der Waals surface area contributed by atoms with Gasteiger partial charge in [-0.3, -0.25) is 0 Å². The lowest BCUT2D eigenvalue weighted by Crippen LogP contribution is -2.51. The molecule has 0 unspecified atom stereocenters. The quantitative estimate of drug-likeness (QED) is 0.656. The van der Waals surface area contributed by atoms with Gasteiger partial charge in [-0.05, 0) is 0 Å². The van der Waals surface area contributed by atoms with E-state index in [1.807, 2.05) is 0 Å². The average Bonchev–Trinajstić information content (AvgIpc) is 1.84. The van der Waals surface area contributed by atoms with E-state index < -0.39 is 24.9 Å². The number of hydrogen-bond donors (Lipinski definition) is 1. The largest absolute Gasteiger partial charge is 0.374 e. The van der Waals surface area contributed by atoms with E-state index >= 15 is 0 Å². The summed E-state index contributed by atoms with van der Waals surface area (Å²) in [6, 6.07) is 0. The zero-order valence-corrected chi connectivity index (χ0v) is 4.95. The Balaban J connectivity index is 4.53. The average molecular weight is 182 g/mol. The lowest BCUT2D eigenvalue weighted by atomic mass is 10.1. The molecular formula is C4H4F6O. The number of rotatable bonds is 3. The molecule has 0 atom stereocenters. The zero-order chi connectivity index (χ0) is 9.23. The van der Waals surface area contributed by atoms with Crippen molar-refractivity contribution < 1.29 is 31.4 Å². The van der Waals surface area contributed by atoms with Crippen LogP contribution in [0.5, 0.6) is 0 Å². The monoisotopic (exact) mass is 182 g/mol. The van der Waals surface area contributed by atoms with E-state index in [9.17, 15) is 26.3 Å². The fourth-order valence-electron chi connectivity index (χ4n) is 0.286. The second-order valence-corrected chi connectivity index (χ2v) is 1.79. The highest BCUT2D eigenvalue weighted by Gasteiger charge is 2.55. The van der Waals surface area contributed by atoms with Gasteiger partial charge in [0.05, 0.1) is 0 Å². The van der Waals surface area contributed by atoms with E-state index in [4.69, 9.17) is 5.11 Å². The second kappa shape index (κ2) is 3.29. The molecule has 0 saturated carbocycles. The molecule has 0 amide bonds. The Morgan fingerprint density at radius 1 is 0.727 bits per heavy atom. The van der Waals surface area contributed by atoms with Crippen LogP contribution in [-0.4, -0.2) is 30.0 Å². The van der Waals surface area contributed by atoms with Gasteiger partial charge in [0.15, 0.2) is 0 Å². The molecule has 0 heterocycles. The van der Waals surface area contributed by atoms with Gasteiger partial charge in [0.1, 0.15) is 0 Å². The van der Waals surface area contributed by atoms with Gasteiger partial charge < -0.3 is 5.11 Å². The van der Waals surface area contributed by atoms with Gasteiger partial charge in [-0.25, -0.2) is 26.3 Å². The van der Waals surface area contributed by atoms with Gasteiger partial charge in [-0.2, -0.15) is 0 Å². The molecule has 0 spiro atoms. The Hall–Kier alpha value is -0.460. The van der Waals surface area contributed by atoms with Gasteiger partial charge in [-0.15, -0.1) is 0 Å². The van der Waals surface area contributed by atoms with E-state index in [-0.39, 0.29) is 0 Å². The van der Waals surface area contributed by atoms with Crippen molar-refractivity contribution in [1.29, 1.82) is 0 Å². The molecule has 1 N–H and O–H groups in total. The third-order valence-corrected chi connectivity index (χ3v) is 1.05. The summed E-state index contributed by atoms with van der Waals surface area (Å²) in [4.78, 5) is 0. The normalized spacial score (nSPS) is 13.6. The summed E-state index contributed by atoms with van der Waals surface area (Å²) >= 11 is 0. The molecule has 0 rings (SSSR count). The van der Waals surface area contributed by atoms with Crippen LogP contribution in [0.1, 0.15) is 0 Å². The van der Waals surface area contributed by atoms with Crippen molar-refractivity contribution in [3.05, 3.63) is 0 Å². The molecule has 0 radical (unpaired) electrons. The Kier molecular flexibility index (Phi) is 3.15. The molecule has 0 aromatic heterocycles. The molecule has 0 fully saturated rings. The fourth-order valence-corrected chi connectivity index (χ4v) is 0.286. The van der Waals surface area contributed by atoms with E-state index in [0.29, 0.717) is 0 Å². The van der Waals surface area contributed by atoms with Crippen molar-refractivity contribution in [3.63, 3.8) is 0 Å². The van der Waals surface area contributed by atoms with Crippen molar-refractivity contribution in [2.75, 3.05) is 0 Å². The summed E-state index contributed by atoms with van der Waals surface area (Å²) in [6.45, 7) is 0. The number of aliphatic hydroxyl groups is 1. The number of alkyl halides is 6. The van der Waals surface area contributed by atoms with Crippen LogP contribution in [0.4, 0.5) is 26.3 Å². The van der Waals surface area contributed by atoms with Gasteiger partial charge in [0.2, 0.25) is 5.60 Å². The maximum atomic E-state index is 11.4. The highest BCUT2D eigenvalue weighted by Crippen LogP contribution is 2.30. The molecule has 0 bridgehead atoms.